The fourth-order valence-electron chi connectivity index (χ4n) is 1.70. The van der Waals surface area contributed by atoms with E-state index in [0.717, 1.165) is 30.2 Å². The summed E-state index contributed by atoms with van der Waals surface area (Å²) in [4.78, 5) is 1.63. The molecule has 0 saturated carbocycles. The van der Waals surface area contributed by atoms with Crippen molar-refractivity contribution in [3.63, 3.8) is 0 Å². The first kappa shape index (κ1) is 13.5. The first-order valence-electron chi connectivity index (χ1n) is 6.45. The zero-order valence-corrected chi connectivity index (χ0v) is 11.6. The maximum absolute atomic E-state index is 5.13. The Morgan fingerprint density at radius 1 is 1.26 bits per heavy atom. The number of benzene rings is 1. The molecule has 0 unspecified atom stereocenters. The molecule has 19 heavy (non-hydrogen) atoms. The van der Waals surface area contributed by atoms with Gasteiger partial charge in [0, 0.05) is 6.54 Å². The average Bonchev–Trinajstić information content (AvgIpc) is 2.87. The van der Waals surface area contributed by atoms with Crippen molar-refractivity contribution >= 4 is 0 Å². The van der Waals surface area contributed by atoms with Gasteiger partial charge >= 0.3 is 0 Å². The SMILES string of the molecule is COc1ccc(-n2ncc(CNCC(C)C)n2)cc1. The maximum Gasteiger partial charge on any atom is 0.119 e. The summed E-state index contributed by atoms with van der Waals surface area (Å²) in [6.45, 7) is 6.09. The van der Waals surface area contributed by atoms with Crippen LogP contribution in [-0.4, -0.2) is 28.6 Å². The molecule has 2 aromatic rings. The predicted octanol–water partition coefficient (Wildman–Crippen LogP) is 2.02. The first-order chi connectivity index (χ1) is 9.19. The highest BCUT2D eigenvalue weighted by Crippen LogP contribution is 2.13. The number of nitrogens with zero attached hydrogens (tertiary/aromatic N) is 3. The second kappa shape index (κ2) is 6.33. The van der Waals surface area contributed by atoms with Crippen molar-refractivity contribution in [2.45, 2.75) is 20.4 Å². The number of aromatic nitrogens is 3. The first-order valence-corrected chi connectivity index (χ1v) is 6.45. The quantitative estimate of drug-likeness (QED) is 0.863. The normalized spacial score (nSPS) is 10.9. The number of hydrogen-bond donors (Lipinski definition) is 1. The van der Waals surface area contributed by atoms with Crippen molar-refractivity contribution in [2.75, 3.05) is 13.7 Å². The summed E-state index contributed by atoms with van der Waals surface area (Å²) in [6, 6.07) is 7.67. The second-order valence-electron chi connectivity index (χ2n) is 4.85. The van der Waals surface area contributed by atoms with Crippen LogP contribution in [0.25, 0.3) is 5.69 Å². The molecule has 1 aromatic carbocycles. The van der Waals surface area contributed by atoms with Crippen LogP contribution in [0.1, 0.15) is 19.5 Å². The molecule has 0 saturated heterocycles. The van der Waals surface area contributed by atoms with Crippen LogP contribution < -0.4 is 10.1 Å². The second-order valence-corrected chi connectivity index (χ2v) is 4.85. The Labute approximate surface area is 113 Å². The predicted molar refractivity (Wildman–Crippen MR) is 74.5 cm³/mol. The Bertz CT molecular complexity index is 504. The van der Waals surface area contributed by atoms with Crippen molar-refractivity contribution in [1.29, 1.82) is 0 Å². The number of nitrogens with one attached hydrogen (secondary N) is 1. The topological polar surface area (TPSA) is 52.0 Å². The van der Waals surface area contributed by atoms with Gasteiger partial charge in [0.25, 0.3) is 0 Å². The lowest BCUT2D eigenvalue weighted by Crippen LogP contribution is -2.19. The minimum Gasteiger partial charge on any atom is -0.497 e. The molecule has 5 nitrogen and oxygen atoms in total. The third-order valence-electron chi connectivity index (χ3n) is 2.70. The molecule has 0 spiro atoms. The molecule has 1 heterocycles. The molecule has 1 aromatic heterocycles. The van der Waals surface area contributed by atoms with Gasteiger partial charge in [-0.25, -0.2) is 0 Å². The van der Waals surface area contributed by atoms with Crippen molar-refractivity contribution in [3.05, 3.63) is 36.2 Å². The van der Waals surface area contributed by atoms with E-state index in [1.165, 1.54) is 0 Å². The Morgan fingerprint density at radius 2 is 2.00 bits per heavy atom. The summed E-state index contributed by atoms with van der Waals surface area (Å²) in [7, 11) is 1.65. The summed E-state index contributed by atoms with van der Waals surface area (Å²) >= 11 is 0. The van der Waals surface area contributed by atoms with Crippen LogP contribution in [-0.2, 0) is 6.54 Å². The van der Waals surface area contributed by atoms with Gasteiger partial charge in [0.2, 0.25) is 0 Å². The van der Waals surface area contributed by atoms with E-state index in [4.69, 9.17) is 4.74 Å². The number of ether oxygens (including phenoxy) is 1. The Morgan fingerprint density at radius 3 is 2.63 bits per heavy atom. The zero-order valence-electron chi connectivity index (χ0n) is 11.6. The molecule has 0 bridgehead atoms. The van der Waals surface area contributed by atoms with Crippen LogP contribution in [0.5, 0.6) is 5.75 Å². The highest BCUT2D eigenvalue weighted by molar-refractivity contribution is 5.35. The van der Waals surface area contributed by atoms with Gasteiger partial charge in [0.1, 0.15) is 5.75 Å². The molecular weight excluding hydrogens is 240 g/mol. The van der Waals surface area contributed by atoms with Crippen molar-refractivity contribution < 1.29 is 4.74 Å². The van der Waals surface area contributed by atoms with Gasteiger partial charge in [0.15, 0.2) is 0 Å². The van der Waals surface area contributed by atoms with Crippen molar-refractivity contribution in [2.24, 2.45) is 5.92 Å². The molecule has 102 valence electrons. The molecule has 5 heteroatoms. The molecule has 2 rings (SSSR count). The van der Waals surface area contributed by atoms with Gasteiger partial charge in [-0.2, -0.15) is 15.0 Å². The van der Waals surface area contributed by atoms with Crippen LogP contribution in [0.2, 0.25) is 0 Å². The molecule has 0 radical (unpaired) electrons. The fraction of sp³-hybridized carbons (Fsp3) is 0.429. The van der Waals surface area contributed by atoms with Gasteiger partial charge in [-0.1, -0.05) is 13.8 Å². The van der Waals surface area contributed by atoms with E-state index >= 15 is 0 Å². The van der Waals surface area contributed by atoms with E-state index in [2.05, 4.69) is 29.4 Å². The van der Waals surface area contributed by atoms with Gasteiger partial charge in [-0.15, -0.1) is 0 Å². The summed E-state index contributed by atoms with van der Waals surface area (Å²) < 4.78 is 5.13. The standard InChI is InChI=1S/C14H20N4O/c1-11(2)8-15-9-12-10-16-18(17-12)13-4-6-14(19-3)7-5-13/h4-7,10-11,15H,8-9H2,1-3H3. The summed E-state index contributed by atoms with van der Waals surface area (Å²) in [5, 5.41) is 12.0. The number of rotatable bonds is 6. The Balaban J connectivity index is 1.99. The molecule has 0 fully saturated rings. The lowest BCUT2D eigenvalue weighted by Gasteiger charge is -2.04. The number of methoxy groups -OCH3 is 1. The lowest BCUT2D eigenvalue weighted by atomic mass is 10.2. The Kier molecular flexibility index (Phi) is 4.52. The third-order valence-corrected chi connectivity index (χ3v) is 2.70. The average molecular weight is 260 g/mol. The third kappa shape index (κ3) is 3.79. The molecule has 0 aliphatic rings. The molecule has 0 aliphatic heterocycles. The zero-order chi connectivity index (χ0) is 13.7. The fourth-order valence-corrected chi connectivity index (χ4v) is 1.70. The van der Waals surface area contributed by atoms with Crippen LogP contribution in [0, 0.1) is 5.92 Å². The number of hydrogen-bond acceptors (Lipinski definition) is 4. The summed E-state index contributed by atoms with van der Waals surface area (Å²) in [5.74, 6) is 1.46. The van der Waals surface area contributed by atoms with Crippen molar-refractivity contribution in [1.82, 2.24) is 20.3 Å². The lowest BCUT2D eigenvalue weighted by molar-refractivity contribution is 0.414. The molecule has 0 atom stereocenters. The largest absolute Gasteiger partial charge is 0.497 e. The maximum atomic E-state index is 5.13. The van der Waals surface area contributed by atoms with Gasteiger partial charge in [-0.3, -0.25) is 0 Å². The molecular formula is C14H20N4O. The van der Waals surface area contributed by atoms with Crippen LogP contribution in [0.3, 0.4) is 0 Å². The van der Waals surface area contributed by atoms with Crippen molar-refractivity contribution in [3.8, 4) is 11.4 Å². The van der Waals surface area contributed by atoms with E-state index in [1.807, 2.05) is 24.3 Å². The monoisotopic (exact) mass is 260 g/mol. The van der Waals surface area contributed by atoms with Gasteiger partial charge in [-0.05, 0) is 36.7 Å². The van der Waals surface area contributed by atoms with E-state index in [9.17, 15) is 0 Å². The molecule has 0 aliphatic carbocycles. The Hall–Kier alpha value is -1.88. The van der Waals surface area contributed by atoms with Gasteiger partial charge < -0.3 is 10.1 Å². The summed E-state index contributed by atoms with van der Waals surface area (Å²) in [5.41, 5.74) is 1.87. The minimum atomic E-state index is 0.636. The van der Waals surface area contributed by atoms with Crippen LogP contribution in [0.4, 0.5) is 0 Å². The summed E-state index contributed by atoms with van der Waals surface area (Å²) in [6.07, 6.45) is 1.79. The molecule has 0 amide bonds. The highest BCUT2D eigenvalue weighted by atomic mass is 16.5. The van der Waals surface area contributed by atoms with Gasteiger partial charge in [0.05, 0.1) is 24.7 Å². The van der Waals surface area contributed by atoms with E-state index in [1.54, 1.807) is 18.1 Å². The van der Waals surface area contributed by atoms with E-state index in [-0.39, 0.29) is 0 Å². The molecule has 1 N–H and O–H groups in total. The minimum absolute atomic E-state index is 0.636. The van der Waals surface area contributed by atoms with E-state index in [0.29, 0.717) is 5.92 Å². The van der Waals surface area contributed by atoms with E-state index < -0.39 is 0 Å². The van der Waals surface area contributed by atoms with Crippen LogP contribution >= 0.6 is 0 Å². The highest BCUT2D eigenvalue weighted by Gasteiger charge is 2.03. The smallest absolute Gasteiger partial charge is 0.119 e. The van der Waals surface area contributed by atoms with Crippen LogP contribution in [0.15, 0.2) is 30.5 Å².